The summed E-state index contributed by atoms with van der Waals surface area (Å²) >= 11 is 0. The van der Waals surface area contributed by atoms with Gasteiger partial charge in [0.25, 0.3) is 0 Å². The van der Waals surface area contributed by atoms with Crippen LogP contribution < -0.4 is 5.32 Å². The molecular formula is C32H38N6O2. The van der Waals surface area contributed by atoms with Crippen LogP contribution in [-0.4, -0.2) is 68.9 Å². The molecule has 3 aromatic rings. The number of anilines is 1. The van der Waals surface area contributed by atoms with E-state index in [0.29, 0.717) is 18.2 Å². The first kappa shape index (κ1) is 25.4. The minimum absolute atomic E-state index is 0.260. The summed E-state index contributed by atoms with van der Waals surface area (Å²) in [5, 5.41) is 18.2. The molecule has 208 valence electrons. The number of nitrogens with one attached hydrogen (secondary N) is 1. The van der Waals surface area contributed by atoms with Crippen LogP contribution in [0.3, 0.4) is 0 Å². The van der Waals surface area contributed by atoms with Gasteiger partial charge in [-0.05, 0) is 61.9 Å². The number of rotatable bonds is 5. The van der Waals surface area contributed by atoms with Crippen molar-refractivity contribution in [1.29, 1.82) is 0 Å². The lowest BCUT2D eigenvalue weighted by molar-refractivity contribution is -0.0189. The van der Waals surface area contributed by atoms with Gasteiger partial charge in [0.05, 0.1) is 30.0 Å². The van der Waals surface area contributed by atoms with Gasteiger partial charge in [0.2, 0.25) is 0 Å². The maximum Gasteiger partial charge on any atom is 0.162 e. The molecule has 7 rings (SSSR count). The first-order chi connectivity index (χ1) is 19.7. The van der Waals surface area contributed by atoms with E-state index in [-0.39, 0.29) is 5.75 Å². The van der Waals surface area contributed by atoms with Crippen molar-refractivity contribution in [3.8, 4) is 5.75 Å². The van der Waals surface area contributed by atoms with E-state index in [2.05, 4.69) is 56.2 Å². The quantitative estimate of drug-likeness (QED) is 0.414. The number of amidine groups is 1. The Hall–Kier alpha value is -3.62. The molecule has 8 nitrogen and oxygen atoms in total. The summed E-state index contributed by atoms with van der Waals surface area (Å²) in [5.41, 5.74) is 4.68. The SMILES string of the molecule is Oc1ccc(N/C2=N/c3c(cnn3C3CCN(Cc4ccccc4)CC3)/C(N3CC4CCC(C3)O4)=C\CC2)cc1. The fourth-order valence-corrected chi connectivity index (χ4v) is 6.63. The topological polar surface area (TPSA) is 78.1 Å². The van der Waals surface area contributed by atoms with E-state index in [0.717, 1.165) is 94.2 Å². The van der Waals surface area contributed by atoms with Crippen molar-refractivity contribution in [2.75, 3.05) is 31.5 Å². The van der Waals surface area contributed by atoms with Crippen LogP contribution in [0.5, 0.6) is 5.75 Å². The molecule has 0 radical (unpaired) electrons. The molecule has 0 saturated carbocycles. The zero-order valence-electron chi connectivity index (χ0n) is 23.0. The Kier molecular flexibility index (Phi) is 7.04. The number of fused-ring (bicyclic) bond motifs is 3. The Balaban J connectivity index is 1.16. The van der Waals surface area contributed by atoms with E-state index in [9.17, 15) is 5.11 Å². The molecule has 0 amide bonds. The van der Waals surface area contributed by atoms with Crippen molar-refractivity contribution in [2.24, 2.45) is 4.99 Å². The van der Waals surface area contributed by atoms with Gasteiger partial charge in [-0.1, -0.05) is 36.4 Å². The van der Waals surface area contributed by atoms with Crippen molar-refractivity contribution in [1.82, 2.24) is 19.6 Å². The molecule has 4 aliphatic rings. The fraction of sp³-hybridized carbons (Fsp3) is 0.438. The molecule has 40 heavy (non-hydrogen) atoms. The number of hydrogen-bond acceptors (Lipinski definition) is 7. The lowest BCUT2D eigenvalue weighted by Gasteiger charge is -2.36. The Labute approximate surface area is 236 Å². The summed E-state index contributed by atoms with van der Waals surface area (Å²) in [4.78, 5) is 10.3. The Bertz CT molecular complexity index is 1360. The highest BCUT2D eigenvalue weighted by Crippen LogP contribution is 2.39. The van der Waals surface area contributed by atoms with Crippen molar-refractivity contribution >= 4 is 23.0 Å². The summed E-state index contributed by atoms with van der Waals surface area (Å²) in [5.74, 6) is 2.14. The molecule has 1 aromatic heterocycles. The molecule has 0 aliphatic carbocycles. The van der Waals surface area contributed by atoms with E-state index in [1.165, 1.54) is 11.3 Å². The molecule has 2 bridgehead atoms. The molecule has 4 aliphatic heterocycles. The Morgan fingerprint density at radius 2 is 1.68 bits per heavy atom. The highest BCUT2D eigenvalue weighted by atomic mass is 16.5. The third kappa shape index (κ3) is 5.38. The van der Waals surface area contributed by atoms with Crippen LogP contribution in [0.4, 0.5) is 11.5 Å². The van der Waals surface area contributed by atoms with Gasteiger partial charge >= 0.3 is 0 Å². The number of hydrogen-bond donors (Lipinski definition) is 2. The summed E-state index contributed by atoms with van der Waals surface area (Å²) in [7, 11) is 0. The van der Waals surface area contributed by atoms with Crippen LogP contribution in [0, 0.1) is 0 Å². The second-order valence-corrected chi connectivity index (χ2v) is 11.5. The molecule has 2 N–H and O–H groups in total. The van der Waals surface area contributed by atoms with Crippen LogP contribution in [-0.2, 0) is 11.3 Å². The Morgan fingerprint density at radius 3 is 2.42 bits per heavy atom. The van der Waals surface area contributed by atoms with E-state index < -0.39 is 0 Å². The maximum atomic E-state index is 9.73. The number of phenolic OH excluding ortho intramolecular Hbond substituents is 1. The van der Waals surface area contributed by atoms with Crippen LogP contribution in [0.2, 0.25) is 0 Å². The molecular weight excluding hydrogens is 500 g/mol. The zero-order valence-corrected chi connectivity index (χ0v) is 23.0. The molecule has 5 heterocycles. The predicted octanol–water partition coefficient (Wildman–Crippen LogP) is 5.57. The van der Waals surface area contributed by atoms with Crippen molar-refractivity contribution < 1.29 is 9.84 Å². The number of likely N-dealkylation sites (tertiary alicyclic amines) is 2. The minimum Gasteiger partial charge on any atom is -0.508 e. The summed E-state index contributed by atoms with van der Waals surface area (Å²) in [6.07, 6.45) is 11.2. The van der Waals surface area contributed by atoms with Crippen LogP contribution in [0.25, 0.3) is 5.70 Å². The normalized spacial score (nSPS) is 26.2. The average Bonchev–Trinajstić information content (AvgIpc) is 3.53. The molecule has 8 heteroatoms. The van der Waals surface area contributed by atoms with Gasteiger partial charge < -0.3 is 20.1 Å². The number of allylic oxidation sites excluding steroid dienone is 1. The second-order valence-electron chi connectivity index (χ2n) is 11.5. The largest absolute Gasteiger partial charge is 0.508 e. The van der Waals surface area contributed by atoms with Crippen LogP contribution in [0.1, 0.15) is 55.7 Å². The fourth-order valence-electron chi connectivity index (χ4n) is 6.63. The van der Waals surface area contributed by atoms with Crippen molar-refractivity contribution in [2.45, 2.75) is 63.3 Å². The maximum absolute atomic E-state index is 9.73. The number of benzene rings is 2. The van der Waals surface area contributed by atoms with Crippen LogP contribution >= 0.6 is 0 Å². The number of ether oxygens (including phenoxy) is 1. The number of aromatic hydroxyl groups is 1. The zero-order chi connectivity index (χ0) is 26.9. The van der Waals surface area contributed by atoms with E-state index in [1.54, 1.807) is 12.1 Å². The first-order valence-electron chi connectivity index (χ1n) is 14.8. The van der Waals surface area contributed by atoms with Gasteiger partial charge in [0.15, 0.2) is 5.82 Å². The van der Waals surface area contributed by atoms with E-state index in [1.807, 2.05) is 18.3 Å². The molecule has 0 spiro atoms. The van der Waals surface area contributed by atoms with Gasteiger partial charge in [0, 0.05) is 50.5 Å². The van der Waals surface area contributed by atoms with Crippen molar-refractivity contribution in [3.63, 3.8) is 0 Å². The number of phenols is 1. The monoisotopic (exact) mass is 538 g/mol. The molecule has 2 aromatic carbocycles. The predicted molar refractivity (Wildman–Crippen MR) is 158 cm³/mol. The lowest BCUT2D eigenvalue weighted by Crippen LogP contribution is -2.41. The van der Waals surface area contributed by atoms with E-state index >= 15 is 0 Å². The molecule has 2 unspecified atom stereocenters. The van der Waals surface area contributed by atoms with Gasteiger partial charge in [-0.25, -0.2) is 9.67 Å². The van der Waals surface area contributed by atoms with E-state index in [4.69, 9.17) is 14.8 Å². The lowest BCUT2D eigenvalue weighted by atomic mass is 10.0. The number of piperidine rings is 1. The average molecular weight is 539 g/mol. The van der Waals surface area contributed by atoms with Crippen LogP contribution in [0.15, 0.2) is 71.9 Å². The molecule has 3 fully saturated rings. The number of nitrogens with zero attached hydrogens (tertiary/aromatic N) is 5. The summed E-state index contributed by atoms with van der Waals surface area (Å²) in [6, 6.07) is 18.3. The number of aromatic nitrogens is 2. The third-order valence-electron chi connectivity index (χ3n) is 8.70. The molecule has 2 atom stereocenters. The van der Waals surface area contributed by atoms with Gasteiger partial charge in [-0.3, -0.25) is 4.90 Å². The number of morpholine rings is 1. The molecule has 3 saturated heterocycles. The highest BCUT2D eigenvalue weighted by Gasteiger charge is 2.36. The smallest absolute Gasteiger partial charge is 0.162 e. The van der Waals surface area contributed by atoms with Gasteiger partial charge in [-0.15, -0.1) is 0 Å². The minimum atomic E-state index is 0.260. The third-order valence-corrected chi connectivity index (χ3v) is 8.70. The van der Waals surface area contributed by atoms with Gasteiger partial charge in [-0.2, -0.15) is 5.10 Å². The second kappa shape index (κ2) is 11.1. The summed E-state index contributed by atoms with van der Waals surface area (Å²) < 4.78 is 8.35. The highest BCUT2D eigenvalue weighted by molar-refractivity contribution is 5.98. The van der Waals surface area contributed by atoms with Gasteiger partial charge in [0.1, 0.15) is 11.6 Å². The number of aliphatic imine (C=N–C) groups is 1. The first-order valence-corrected chi connectivity index (χ1v) is 14.8. The Morgan fingerprint density at radius 1 is 0.925 bits per heavy atom. The summed E-state index contributed by atoms with van der Waals surface area (Å²) in [6.45, 7) is 4.97. The standard InChI is InChI=1S/C32H38N6O2/c39-26-11-9-24(10-12-26)34-31-8-4-7-30(37-21-27-13-14-28(22-37)40-27)29-19-33-38(32(29)35-31)25-15-17-36(18-16-25)20-23-5-2-1-3-6-23/h1-3,5-7,9-12,19,25,27-28,39H,4,8,13-18,20-22H2,(H,34,35)/b30-7+. The van der Waals surface area contributed by atoms with Crippen molar-refractivity contribution in [3.05, 3.63) is 78.0 Å².